The molecule has 0 unspecified atom stereocenters. The van der Waals surface area contributed by atoms with Gasteiger partial charge in [-0.05, 0) is 49.4 Å². The number of anilines is 2. The Morgan fingerprint density at radius 1 is 0.929 bits per heavy atom. The normalized spacial score (nSPS) is 14.4. The number of amides is 4. The number of benzene rings is 3. The zero-order chi connectivity index (χ0) is 30.2. The van der Waals surface area contributed by atoms with E-state index >= 15 is 0 Å². The molecule has 1 aliphatic heterocycles. The number of H-pyrrole nitrogens is 1. The molecule has 3 aromatic carbocycles. The highest BCUT2D eigenvalue weighted by atomic mass is 32.8. The van der Waals surface area contributed by atoms with Gasteiger partial charge in [0, 0.05) is 70.9 Å². The summed E-state index contributed by atoms with van der Waals surface area (Å²) in [5, 5.41) is 14.6. The molecule has 2 heterocycles. The Kier molecular flexibility index (Phi) is 9.91. The molecule has 4 amide bonds. The van der Waals surface area contributed by atoms with E-state index in [4.69, 9.17) is 5.26 Å². The van der Waals surface area contributed by atoms with Crippen molar-refractivity contribution in [1.29, 1.82) is 0 Å². The lowest BCUT2D eigenvalue weighted by Crippen LogP contribution is -2.56. The fourth-order valence-corrected chi connectivity index (χ4v) is 4.78. The van der Waals surface area contributed by atoms with Gasteiger partial charge in [-0.3, -0.25) is 14.4 Å². The zero-order valence-electron chi connectivity index (χ0n) is 22.4. The molecular formula is C29H27N5O6S2. The minimum Gasteiger partial charge on any atom is -0.359 e. The number of ketones is 1. The number of urea groups is 1. The van der Waals surface area contributed by atoms with Gasteiger partial charge in [0.1, 0.15) is 0 Å². The summed E-state index contributed by atoms with van der Waals surface area (Å²) in [6, 6.07) is 19.2. The van der Waals surface area contributed by atoms with Crippen molar-refractivity contribution in [3.8, 4) is 5.75 Å². The first kappa shape index (κ1) is 30.2. The molecule has 1 fully saturated rings. The second kappa shape index (κ2) is 13.8. The molecule has 0 radical (unpaired) electrons. The Balaban J connectivity index is 0.00000198. The van der Waals surface area contributed by atoms with Crippen LogP contribution in [0.3, 0.4) is 0 Å². The molecule has 42 heavy (non-hydrogen) atoms. The van der Waals surface area contributed by atoms with Crippen LogP contribution < -0.4 is 15.5 Å². The van der Waals surface area contributed by atoms with Gasteiger partial charge in [0.05, 0.1) is 16.8 Å². The van der Waals surface area contributed by atoms with Crippen molar-refractivity contribution in [2.75, 3.05) is 30.3 Å². The van der Waals surface area contributed by atoms with Gasteiger partial charge in [-0.25, -0.2) is 10.1 Å². The first-order chi connectivity index (χ1) is 20.4. The number of hydrogen-bond acceptors (Lipinski definition) is 8. The summed E-state index contributed by atoms with van der Waals surface area (Å²) in [4.78, 5) is 62.3. The molecular weight excluding hydrogens is 578 g/mol. The highest BCUT2D eigenvalue weighted by Crippen LogP contribution is 2.27. The first-order valence-corrected chi connectivity index (χ1v) is 14.1. The number of Topliss-reactive ketones (excluding diaryl/α,β-unsaturated/α-hetero) is 1. The van der Waals surface area contributed by atoms with Crippen LogP contribution >= 0.6 is 0 Å². The predicted octanol–water partition coefficient (Wildman–Crippen LogP) is 4.21. The average molecular weight is 606 g/mol. The van der Waals surface area contributed by atoms with Crippen molar-refractivity contribution in [2.24, 2.45) is 0 Å². The predicted molar refractivity (Wildman–Crippen MR) is 163 cm³/mol. The minimum atomic E-state index is -0.672. The zero-order valence-corrected chi connectivity index (χ0v) is 24.0. The number of aromatic amines is 1. The maximum atomic E-state index is 13.3. The van der Waals surface area contributed by atoms with Gasteiger partial charge in [0.25, 0.3) is 17.6 Å². The third-order valence-corrected chi connectivity index (χ3v) is 6.82. The van der Waals surface area contributed by atoms with E-state index in [0.717, 1.165) is 0 Å². The van der Waals surface area contributed by atoms with Crippen LogP contribution in [-0.4, -0.2) is 69.3 Å². The van der Waals surface area contributed by atoms with Crippen LogP contribution in [0, 0.1) is 0 Å². The molecule has 11 nitrogen and oxygen atoms in total. The number of nitrogens with one attached hydrogen (secondary N) is 3. The molecule has 0 bridgehead atoms. The van der Waals surface area contributed by atoms with E-state index < -0.39 is 17.7 Å². The van der Waals surface area contributed by atoms with Gasteiger partial charge >= 0.3 is 6.03 Å². The number of hydrogen-bond donors (Lipinski definition) is 4. The molecule has 5 rings (SSSR count). The average Bonchev–Trinajstić information content (AvgIpc) is 3.47. The van der Waals surface area contributed by atoms with Crippen molar-refractivity contribution >= 4 is 68.3 Å². The van der Waals surface area contributed by atoms with Crippen molar-refractivity contribution in [2.45, 2.75) is 13.0 Å². The second-order valence-corrected chi connectivity index (χ2v) is 9.42. The molecule has 216 valence electrons. The quantitative estimate of drug-likeness (QED) is 0.111. The lowest BCUT2D eigenvalue weighted by atomic mass is 10.1. The third-order valence-electron chi connectivity index (χ3n) is 6.82. The van der Waals surface area contributed by atoms with Crippen molar-refractivity contribution in [3.63, 3.8) is 0 Å². The lowest BCUT2D eigenvalue weighted by molar-refractivity contribution is -0.137. The molecule has 0 saturated carbocycles. The second-order valence-electron chi connectivity index (χ2n) is 9.42. The lowest BCUT2D eigenvalue weighted by Gasteiger charge is -2.39. The highest BCUT2D eigenvalue weighted by Gasteiger charge is 2.34. The maximum absolute atomic E-state index is 13.3. The van der Waals surface area contributed by atoms with Crippen molar-refractivity contribution in [3.05, 3.63) is 90.1 Å². The fraction of sp³-hybridized carbons (Fsp3) is 0.172. The van der Waals surface area contributed by atoms with E-state index in [9.17, 15) is 19.2 Å². The molecule has 4 aromatic rings. The Morgan fingerprint density at radius 2 is 1.64 bits per heavy atom. The molecule has 4 N–H and O–H groups in total. The van der Waals surface area contributed by atoms with Gasteiger partial charge in [-0.15, -0.1) is 0 Å². The van der Waals surface area contributed by atoms with Crippen LogP contribution in [0.15, 0.2) is 79.0 Å². The number of carbonyl (C=O) groups is 4. The van der Waals surface area contributed by atoms with Crippen LogP contribution in [0.25, 0.3) is 10.9 Å². The van der Waals surface area contributed by atoms with Gasteiger partial charge in [-0.1, -0.05) is 30.3 Å². The van der Waals surface area contributed by atoms with Crippen molar-refractivity contribution < 1.29 is 29.3 Å². The smallest absolute Gasteiger partial charge is 0.323 e. The van der Waals surface area contributed by atoms with E-state index in [-0.39, 0.29) is 29.8 Å². The monoisotopic (exact) mass is 605 g/mol. The molecule has 0 spiro atoms. The third kappa shape index (κ3) is 6.60. The molecule has 1 aliphatic rings. The summed E-state index contributed by atoms with van der Waals surface area (Å²) in [6.45, 7) is 2.70. The summed E-state index contributed by atoms with van der Waals surface area (Å²) in [5.74, 6) is -1.20. The van der Waals surface area contributed by atoms with Crippen LogP contribution in [0.4, 0.5) is 16.2 Å². The topological polar surface area (TPSA) is 144 Å². The Hall–Kier alpha value is -4.72. The van der Waals surface area contributed by atoms with E-state index in [1.165, 1.54) is 23.2 Å². The number of aromatic nitrogens is 1. The molecule has 13 heteroatoms. The number of carbonyl (C=O) groups excluding carboxylic acids is 4. The maximum Gasteiger partial charge on any atom is 0.323 e. The summed E-state index contributed by atoms with van der Waals surface area (Å²) in [7, 11) is 0. The Bertz CT molecular complexity index is 1600. The number of para-hydroxylation sites is 1. The Labute approximate surface area is 251 Å². The summed E-state index contributed by atoms with van der Waals surface area (Å²) in [5.41, 5.74) is 2.15. The molecule has 1 aromatic heterocycles. The number of piperazine rings is 1. The SMILES string of the molecule is C[C@@H]1CN(C(=O)c2ccccc2)CCN1C(=O)C(=O)c1c[nH]c2c(NC(=O)Nc3ccc(OO)cc3)cccc12.S=S. The van der Waals surface area contributed by atoms with Crippen LogP contribution in [0.1, 0.15) is 27.6 Å². The van der Waals surface area contributed by atoms with Gasteiger partial charge < -0.3 is 30.3 Å². The fourth-order valence-electron chi connectivity index (χ4n) is 4.78. The van der Waals surface area contributed by atoms with Gasteiger partial charge in [-0.2, -0.15) is 0 Å². The van der Waals surface area contributed by atoms with Crippen LogP contribution in [0.5, 0.6) is 5.75 Å². The number of rotatable bonds is 6. The van der Waals surface area contributed by atoms with Gasteiger partial charge in [0.2, 0.25) is 0 Å². The highest BCUT2D eigenvalue weighted by molar-refractivity contribution is 8.07. The van der Waals surface area contributed by atoms with Crippen LogP contribution in [-0.2, 0) is 27.2 Å². The largest absolute Gasteiger partial charge is 0.359 e. The standard InChI is InChI=1S/C29H27N5O6.S2/c1-18-17-33(27(36)19-6-3-2-4-7-19)14-15-34(18)28(37)26(35)23-16-30-25-22(23)8-5-9-24(25)32-29(38)31-20-10-12-21(40-39)13-11-20;1-2/h2-13,16,18,30,39H,14-15,17H2,1H3,(H2,31,32,38);/t18-;/m1./s1. The van der Waals surface area contributed by atoms with Crippen LogP contribution in [0.2, 0.25) is 0 Å². The number of nitrogens with zero attached hydrogens (tertiary/aromatic N) is 2. The Morgan fingerprint density at radius 3 is 2.31 bits per heavy atom. The van der Waals surface area contributed by atoms with E-state index in [1.54, 1.807) is 59.5 Å². The summed E-state index contributed by atoms with van der Waals surface area (Å²) in [6.07, 6.45) is 1.46. The summed E-state index contributed by atoms with van der Waals surface area (Å²) < 4.78 is 0. The minimum absolute atomic E-state index is 0.109. The molecule has 0 aliphatic carbocycles. The molecule has 1 atom stereocenters. The van der Waals surface area contributed by atoms with Gasteiger partial charge in [0.15, 0.2) is 5.75 Å². The molecule has 1 saturated heterocycles. The van der Waals surface area contributed by atoms with E-state index in [0.29, 0.717) is 40.9 Å². The number of fused-ring (bicyclic) bond motifs is 1. The van der Waals surface area contributed by atoms with Crippen molar-refractivity contribution in [1.82, 2.24) is 14.8 Å². The van der Waals surface area contributed by atoms with E-state index in [2.05, 4.69) is 42.9 Å². The summed E-state index contributed by atoms with van der Waals surface area (Å²) >= 11 is 7.33. The van der Waals surface area contributed by atoms with E-state index in [1.807, 2.05) is 13.0 Å². The first-order valence-electron chi connectivity index (χ1n) is 12.8.